The number of nitrogens with two attached hydrogens (primary N) is 2. The molecule has 0 aromatic rings. The van der Waals surface area contributed by atoms with Gasteiger partial charge in [0, 0.05) is 17.7 Å². The molecule has 4 rings (SSSR count). The summed E-state index contributed by atoms with van der Waals surface area (Å²) in [7, 11) is 0. The van der Waals surface area contributed by atoms with Gasteiger partial charge in [-0.2, -0.15) is 0 Å². The first-order valence-electron chi connectivity index (χ1n) is 14.2. The van der Waals surface area contributed by atoms with Crippen LogP contribution in [0.2, 0.25) is 0 Å². The van der Waals surface area contributed by atoms with Gasteiger partial charge in [-0.05, 0) is 39.0 Å². The summed E-state index contributed by atoms with van der Waals surface area (Å²) in [5, 5.41) is 62.4. The molecule has 3 heterocycles. The third kappa shape index (κ3) is 7.24. The Bertz CT molecular complexity index is 928. The van der Waals surface area contributed by atoms with E-state index in [9.17, 15) is 24.8 Å². The molecule has 4 fully saturated rings. The molecule has 3 aliphatic heterocycles. The lowest BCUT2D eigenvalue weighted by Gasteiger charge is -2.49. The molecule has 15 heteroatoms. The van der Waals surface area contributed by atoms with Crippen LogP contribution in [0.5, 0.6) is 0 Å². The van der Waals surface area contributed by atoms with Crippen LogP contribution < -0.4 is 16.8 Å². The van der Waals surface area contributed by atoms with Crippen LogP contribution in [0.4, 0.5) is 4.39 Å². The Labute approximate surface area is 238 Å². The summed E-state index contributed by atoms with van der Waals surface area (Å²) in [6, 6.07) is -2.07. The highest BCUT2D eigenvalue weighted by molar-refractivity contribution is 5.89. The fourth-order valence-corrected chi connectivity index (χ4v) is 5.63. The van der Waals surface area contributed by atoms with Crippen molar-refractivity contribution in [2.45, 2.75) is 118 Å². The molecule has 236 valence electrons. The van der Waals surface area contributed by atoms with Gasteiger partial charge in [0.25, 0.3) is 0 Å². The van der Waals surface area contributed by atoms with Gasteiger partial charge in [-0.15, -0.1) is 0 Å². The molecule has 1 saturated carbocycles. The second-order valence-corrected chi connectivity index (χ2v) is 12.2. The molecule has 0 aromatic carbocycles. The average Bonchev–Trinajstić information content (AvgIpc) is 2.91. The van der Waals surface area contributed by atoms with Gasteiger partial charge in [-0.25, -0.2) is 4.39 Å². The monoisotopic (exact) mass is 591 g/mol. The van der Waals surface area contributed by atoms with Crippen molar-refractivity contribution in [1.82, 2.24) is 5.32 Å². The summed E-state index contributed by atoms with van der Waals surface area (Å²) in [6.07, 6.45) is -5.25. The van der Waals surface area contributed by atoms with Crippen LogP contribution >= 0.6 is 0 Å². The van der Waals surface area contributed by atoms with Crippen LogP contribution in [0, 0.1) is 16.7 Å². The van der Waals surface area contributed by atoms with Crippen molar-refractivity contribution in [2.75, 3.05) is 26.5 Å². The number of nitrogens with one attached hydrogen (secondary N) is 3. The maximum atomic E-state index is 12.7. The quantitative estimate of drug-likeness (QED) is 0.102. The number of hydrogen-bond donors (Lipinski definition) is 9. The highest BCUT2D eigenvalue weighted by Gasteiger charge is 2.52. The lowest BCUT2D eigenvalue weighted by molar-refractivity contribution is -0.314. The van der Waals surface area contributed by atoms with Gasteiger partial charge in [0.1, 0.15) is 36.9 Å². The minimum Gasteiger partial charge on any atom is -0.388 e. The Morgan fingerprint density at radius 3 is 2.34 bits per heavy atom. The maximum absolute atomic E-state index is 12.7. The molecule has 0 aromatic heterocycles. The topological polar surface area (TPSA) is 239 Å². The van der Waals surface area contributed by atoms with Gasteiger partial charge >= 0.3 is 0 Å². The summed E-state index contributed by atoms with van der Waals surface area (Å²) in [6.45, 7) is 2.16. The molecule has 11 N–H and O–H groups in total. The lowest BCUT2D eigenvalue weighted by Crippen LogP contribution is -2.70. The first-order chi connectivity index (χ1) is 19.3. The van der Waals surface area contributed by atoms with Crippen LogP contribution in [0.25, 0.3) is 0 Å². The number of rotatable bonds is 10. The summed E-state index contributed by atoms with van der Waals surface area (Å²) in [4.78, 5) is 0. The van der Waals surface area contributed by atoms with Gasteiger partial charge in [-0.3, -0.25) is 5.41 Å². The summed E-state index contributed by atoms with van der Waals surface area (Å²) >= 11 is 0. The van der Waals surface area contributed by atoms with Gasteiger partial charge in [0.2, 0.25) is 0 Å². The van der Waals surface area contributed by atoms with E-state index in [0.717, 1.165) is 0 Å². The van der Waals surface area contributed by atoms with Crippen LogP contribution in [0.15, 0.2) is 0 Å². The molecular weight excluding hydrogens is 545 g/mol. The standard InChI is InChI=1S/C26H46FN5O9/c1-12-18(33)23(38-9-25(12,2)35)41-21-17(32-24(31)26(36)10-37-11-26)7-16(30)20(19(21)34)40-22-15(29)6-5-14(39-22)4-3-13(28)8-27/h12,14-23,28,33-36H,3-11,29-30H2,1-2H3,(H2,31,32)/t12-,14-,15?,16+,17-,18?,19?,20?,21?,22-,23-,25?/m1/s1. The van der Waals surface area contributed by atoms with Crippen LogP contribution in [0.3, 0.4) is 0 Å². The van der Waals surface area contributed by atoms with Crippen LogP contribution in [0.1, 0.15) is 46.0 Å². The van der Waals surface area contributed by atoms with E-state index in [1.807, 2.05) is 0 Å². The van der Waals surface area contributed by atoms with Crippen LogP contribution in [-0.2, 0) is 23.7 Å². The zero-order valence-electron chi connectivity index (χ0n) is 23.6. The summed E-state index contributed by atoms with van der Waals surface area (Å²) in [5.74, 6) is -0.833. The van der Waals surface area contributed by atoms with E-state index in [-0.39, 0.29) is 50.3 Å². The molecule has 14 nitrogen and oxygen atoms in total. The fourth-order valence-electron chi connectivity index (χ4n) is 5.63. The molecule has 6 unspecified atom stereocenters. The third-order valence-corrected chi connectivity index (χ3v) is 8.82. The zero-order chi connectivity index (χ0) is 30.1. The Kier molecular flexibility index (Phi) is 10.4. The molecular formula is C26H46FN5O9. The largest absolute Gasteiger partial charge is 0.388 e. The van der Waals surface area contributed by atoms with E-state index in [1.165, 1.54) is 0 Å². The maximum Gasteiger partial charge on any atom is 0.184 e. The van der Waals surface area contributed by atoms with E-state index in [1.54, 1.807) is 13.8 Å². The minimum atomic E-state index is -1.50. The molecule has 12 atom stereocenters. The zero-order valence-corrected chi connectivity index (χ0v) is 23.6. The summed E-state index contributed by atoms with van der Waals surface area (Å²) in [5.41, 5.74) is 9.93. The second-order valence-electron chi connectivity index (χ2n) is 12.2. The Morgan fingerprint density at radius 2 is 1.71 bits per heavy atom. The number of alkyl halides is 1. The van der Waals surface area contributed by atoms with Crippen molar-refractivity contribution >= 4 is 11.5 Å². The van der Waals surface area contributed by atoms with Crippen molar-refractivity contribution in [3.63, 3.8) is 0 Å². The van der Waals surface area contributed by atoms with Gasteiger partial charge in [-0.1, -0.05) is 6.92 Å². The molecule has 3 saturated heterocycles. The van der Waals surface area contributed by atoms with E-state index < -0.39 is 78.9 Å². The lowest BCUT2D eigenvalue weighted by atomic mass is 9.82. The molecule has 41 heavy (non-hydrogen) atoms. The van der Waals surface area contributed by atoms with Gasteiger partial charge in [0.05, 0.1) is 43.6 Å². The van der Waals surface area contributed by atoms with Gasteiger partial charge < -0.3 is 66.3 Å². The Balaban J connectivity index is 1.49. The van der Waals surface area contributed by atoms with Crippen molar-refractivity contribution < 1.29 is 48.5 Å². The number of ether oxygens (including phenoxy) is 5. The molecule has 0 bridgehead atoms. The molecule has 0 radical (unpaired) electrons. The third-order valence-electron chi connectivity index (χ3n) is 8.82. The summed E-state index contributed by atoms with van der Waals surface area (Å²) < 4.78 is 41.7. The van der Waals surface area contributed by atoms with Crippen molar-refractivity contribution in [3.05, 3.63) is 0 Å². The van der Waals surface area contributed by atoms with E-state index >= 15 is 0 Å². The SMILES string of the molecule is C[C@@H]1C(O)[C@@H](OC2C(O)C(O[C@H]3O[C@H](CCC(=N)CF)CCC3N)[C@@H](N)C[C@H]2NC(=N)C2(O)COC2)OCC1(C)O. The number of hydrogen-bond acceptors (Lipinski definition) is 13. The van der Waals surface area contributed by atoms with Crippen molar-refractivity contribution in [3.8, 4) is 0 Å². The molecule has 4 aliphatic rings. The average molecular weight is 592 g/mol. The van der Waals surface area contributed by atoms with E-state index in [0.29, 0.717) is 19.3 Å². The van der Waals surface area contributed by atoms with Crippen molar-refractivity contribution in [1.29, 1.82) is 10.8 Å². The molecule has 1 aliphatic carbocycles. The van der Waals surface area contributed by atoms with Gasteiger partial charge in [0.15, 0.2) is 18.2 Å². The molecule has 0 amide bonds. The number of halogens is 1. The highest BCUT2D eigenvalue weighted by atomic mass is 19.1. The van der Waals surface area contributed by atoms with Crippen LogP contribution in [-0.4, -0.2) is 131 Å². The Morgan fingerprint density at radius 1 is 1.02 bits per heavy atom. The molecule has 0 spiro atoms. The van der Waals surface area contributed by atoms with E-state index in [4.69, 9.17) is 46.0 Å². The first kappa shape index (κ1) is 32.5. The van der Waals surface area contributed by atoms with E-state index in [2.05, 4.69) is 5.32 Å². The Hall–Kier alpha value is -1.37. The predicted octanol–water partition coefficient (Wildman–Crippen LogP) is -1.75. The predicted molar refractivity (Wildman–Crippen MR) is 143 cm³/mol. The minimum absolute atomic E-state index is 0.0177. The number of aliphatic hydroxyl groups is 4. The number of aliphatic hydroxyl groups excluding tert-OH is 2. The van der Waals surface area contributed by atoms with Crippen molar-refractivity contribution in [2.24, 2.45) is 17.4 Å². The fraction of sp³-hybridized carbons (Fsp3) is 0.923. The number of amidine groups is 1. The first-order valence-corrected chi connectivity index (χ1v) is 14.2. The smallest absolute Gasteiger partial charge is 0.184 e. The highest BCUT2D eigenvalue weighted by Crippen LogP contribution is 2.34. The normalized spacial score (nSPS) is 44.6. The second kappa shape index (κ2) is 13.1.